The summed E-state index contributed by atoms with van der Waals surface area (Å²) in [6.45, 7) is 0.333. The van der Waals surface area contributed by atoms with Crippen LogP contribution in [-0.2, 0) is 21.0 Å². The van der Waals surface area contributed by atoms with Crippen LogP contribution in [0.3, 0.4) is 0 Å². The Bertz CT molecular complexity index is 833. The number of nitro benzene ring substituents is 3. The molecule has 0 fully saturated rings. The molecule has 0 aromatic heterocycles. The summed E-state index contributed by atoms with van der Waals surface area (Å²) in [6.07, 6.45) is 2.21. The van der Waals surface area contributed by atoms with Crippen molar-refractivity contribution >= 4 is 61.4 Å². The van der Waals surface area contributed by atoms with Gasteiger partial charge in [0.2, 0.25) is 4.90 Å². The molecule has 0 radical (unpaired) electrons. The van der Waals surface area contributed by atoms with Gasteiger partial charge in [0.1, 0.15) is 21.6 Å². The number of hydrogen-bond acceptors (Lipinski definition) is 11. The molecule has 0 saturated carbocycles. The van der Waals surface area contributed by atoms with Crippen LogP contribution in [0.15, 0.2) is 17.0 Å². The van der Waals surface area contributed by atoms with Gasteiger partial charge in [-0.25, -0.2) is 8.42 Å². The second-order valence-corrected chi connectivity index (χ2v) is 10.6. The monoisotopic (exact) mass is 507 g/mol. The molecule has 0 heterocycles. The smallest absolute Gasteiger partial charge is 0.300 e. The van der Waals surface area contributed by atoms with Crippen molar-refractivity contribution in [3.63, 3.8) is 0 Å². The van der Waals surface area contributed by atoms with E-state index in [9.17, 15) is 43.3 Å². The van der Waals surface area contributed by atoms with E-state index in [1.54, 1.807) is 0 Å². The van der Waals surface area contributed by atoms with Gasteiger partial charge in [0, 0.05) is 17.4 Å². The van der Waals surface area contributed by atoms with Crippen LogP contribution in [-0.4, -0.2) is 74.6 Å². The van der Waals surface area contributed by atoms with Crippen molar-refractivity contribution in [3.05, 3.63) is 42.5 Å². The van der Waals surface area contributed by atoms with Crippen LogP contribution < -0.4 is 0 Å². The second-order valence-electron chi connectivity index (χ2n) is 5.25. The average molecular weight is 508 g/mol. The molecule has 0 aliphatic heterocycles. The number of aliphatic hydroxyl groups excluding tert-OH is 1. The summed E-state index contributed by atoms with van der Waals surface area (Å²) in [6, 6.07) is 0.329. The highest BCUT2D eigenvalue weighted by atomic mass is 35.5. The number of nitro groups is 3. The van der Waals surface area contributed by atoms with Gasteiger partial charge < -0.3 is 9.66 Å². The van der Waals surface area contributed by atoms with E-state index in [0.29, 0.717) is 17.5 Å². The number of non-ortho nitro benzene ring substituents is 1. The normalized spacial score (nSPS) is 11.9. The SMILES string of the molecule is C[S+](CCO)CCSCCCl.O=[N+]([O-])c1cc([N+](=O)[O-])c(S(=O)(=O)[O-])c([N+](=O)[O-])c1. The van der Waals surface area contributed by atoms with Crippen LogP contribution in [0.25, 0.3) is 0 Å². The zero-order chi connectivity index (χ0) is 23.5. The van der Waals surface area contributed by atoms with E-state index in [1.165, 1.54) is 11.5 Å². The van der Waals surface area contributed by atoms with Crippen LogP contribution >= 0.6 is 23.4 Å². The van der Waals surface area contributed by atoms with Gasteiger partial charge in [-0.2, -0.15) is 11.8 Å². The Balaban J connectivity index is 0.000000654. The number of benzene rings is 1. The first-order valence-corrected chi connectivity index (χ1v) is 12.8. The van der Waals surface area contributed by atoms with Gasteiger partial charge in [0.15, 0.2) is 0 Å². The largest absolute Gasteiger partial charge is 0.744 e. The standard InChI is InChI=1S/C7H16ClOS2.C6H3N3O9S/c1-11(6-3-9)7-5-10-4-2-8;10-7(11)3-1-4(8(12)13)6(19(16,17)18)5(2-3)9(14)15/h9H,2-7H2,1H3;1-2H,(H,16,17,18)/q+1;/p-1. The molecule has 0 aliphatic rings. The van der Waals surface area contributed by atoms with Crippen molar-refractivity contribution in [2.45, 2.75) is 4.90 Å². The number of rotatable bonds is 11. The first kappa shape index (κ1) is 28.3. The summed E-state index contributed by atoms with van der Waals surface area (Å²) in [5.74, 6) is 5.18. The van der Waals surface area contributed by atoms with E-state index in [1.807, 2.05) is 11.8 Å². The molecule has 0 aliphatic carbocycles. The minimum Gasteiger partial charge on any atom is -0.744 e. The summed E-state index contributed by atoms with van der Waals surface area (Å²) >= 11 is 7.42. The molecule has 13 nitrogen and oxygen atoms in total. The fourth-order valence-electron chi connectivity index (χ4n) is 1.83. The maximum Gasteiger partial charge on any atom is 0.300 e. The van der Waals surface area contributed by atoms with Crippen molar-refractivity contribution in [2.24, 2.45) is 0 Å². The van der Waals surface area contributed by atoms with E-state index in [0.717, 1.165) is 17.4 Å². The molecule has 17 heteroatoms. The molecule has 1 rings (SSSR count). The Hall–Kier alpha value is -1.72. The predicted molar refractivity (Wildman–Crippen MR) is 113 cm³/mol. The van der Waals surface area contributed by atoms with Crippen LogP contribution in [0.5, 0.6) is 0 Å². The summed E-state index contributed by atoms with van der Waals surface area (Å²) in [4.78, 5) is 25.8. The third-order valence-corrected chi connectivity index (χ3v) is 7.48. The Morgan fingerprint density at radius 1 is 1.03 bits per heavy atom. The highest BCUT2D eigenvalue weighted by Crippen LogP contribution is 2.36. The van der Waals surface area contributed by atoms with E-state index in [4.69, 9.17) is 16.7 Å². The number of hydrogen-bond donors (Lipinski definition) is 1. The van der Waals surface area contributed by atoms with E-state index in [2.05, 4.69) is 6.26 Å². The molecule has 0 bridgehead atoms. The fourth-order valence-corrected chi connectivity index (χ4v) is 5.38. The summed E-state index contributed by atoms with van der Waals surface area (Å²) in [5, 5.41) is 40.2. The van der Waals surface area contributed by atoms with Gasteiger partial charge in [-0.3, -0.25) is 30.3 Å². The Morgan fingerprint density at radius 3 is 1.87 bits per heavy atom. The van der Waals surface area contributed by atoms with Gasteiger partial charge >= 0.3 is 11.4 Å². The molecule has 30 heavy (non-hydrogen) atoms. The summed E-state index contributed by atoms with van der Waals surface area (Å²) in [5.41, 5.74) is -4.11. The molecule has 1 N–H and O–H groups in total. The molecule has 1 unspecified atom stereocenters. The van der Waals surface area contributed by atoms with Crippen molar-refractivity contribution in [2.75, 3.05) is 41.8 Å². The average Bonchev–Trinajstić information content (AvgIpc) is 2.64. The molecule has 0 saturated heterocycles. The number of alkyl halides is 1. The van der Waals surface area contributed by atoms with Crippen LogP contribution in [0.4, 0.5) is 17.1 Å². The van der Waals surface area contributed by atoms with Crippen LogP contribution in [0.2, 0.25) is 0 Å². The Morgan fingerprint density at radius 2 is 1.53 bits per heavy atom. The summed E-state index contributed by atoms with van der Waals surface area (Å²) < 4.78 is 32.5. The van der Waals surface area contributed by atoms with Crippen LogP contribution in [0.1, 0.15) is 0 Å². The lowest BCUT2D eigenvalue weighted by molar-refractivity contribution is -0.407. The lowest BCUT2D eigenvalue weighted by atomic mass is 10.2. The van der Waals surface area contributed by atoms with Gasteiger partial charge in [0.05, 0.1) is 39.8 Å². The van der Waals surface area contributed by atoms with Gasteiger partial charge in [-0.1, -0.05) is 0 Å². The van der Waals surface area contributed by atoms with Gasteiger partial charge in [-0.05, 0) is 10.9 Å². The molecular formula is C13H18ClN3O10S3. The molecule has 1 aromatic rings. The molecule has 0 spiro atoms. The highest BCUT2D eigenvalue weighted by Gasteiger charge is 2.34. The Kier molecular flexibility index (Phi) is 12.8. The lowest BCUT2D eigenvalue weighted by Crippen LogP contribution is -2.14. The minimum absolute atomic E-state index is 0.164. The zero-order valence-electron chi connectivity index (χ0n) is 15.5. The number of halogens is 1. The molecule has 0 amide bonds. The van der Waals surface area contributed by atoms with E-state index < -0.39 is 46.8 Å². The number of nitrogens with zero attached hydrogens (tertiary/aromatic N) is 3. The molecular weight excluding hydrogens is 490 g/mol. The van der Waals surface area contributed by atoms with E-state index in [-0.39, 0.29) is 12.1 Å². The molecule has 170 valence electrons. The maximum atomic E-state index is 10.8. The second kappa shape index (κ2) is 13.6. The maximum absolute atomic E-state index is 10.8. The third-order valence-electron chi connectivity index (χ3n) is 3.13. The quantitative estimate of drug-likeness (QED) is 0.113. The topological polar surface area (TPSA) is 207 Å². The van der Waals surface area contributed by atoms with E-state index >= 15 is 0 Å². The first-order chi connectivity index (χ1) is 13.9. The van der Waals surface area contributed by atoms with Crippen molar-refractivity contribution in [1.29, 1.82) is 0 Å². The van der Waals surface area contributed by atoms with Crippen LogP contribution in [0, 0.1) is 30.3 Å². The van der Waals surface area contributed by atoms with Crippen molar-refractivity contribution in [3.8, 4) is 0 Å². The number of aliphatic hydroxyl groups is 1. The van der Waals surface area contributed by atoms with Crippen molar-refractivity contribution in [1.82, 2.24) is 0 Å². The molecule has 1 aromatic carbocycles. The Labute approximate surface area is 183 Å². The minimum atomic E-state index is -5.55. The fraction of sp³-hybridized carbons (Fsp3) is 0.538. The zero-order valence-corrected chi connectivity index (χ0v) is 18.7. The highest BCUT2D eigenvalue weighted by molar-refractivity contribution is 8.01. The van der Waals surface area contributed by atoms with Gasteiger partial charge in [0.25, 0.3) is 5.69 Å². The third kappa shape index (κ3) is 9.86. The molecule has 1 atom stereocenters. The lowest BCUT2D eigenvalue weighted by Gasteiger charge is -2.07. The first-order valence-electron chi connectivity index (χ1n) is 7.77. The van der Waals surface area contributed by atoms with Gasteiger partial charge in [-0.15, -0.1) is 11.6 Å². The predicted octanol–water partition coefficient (Wildman–Crippen LogP) is 1.51. The summed E-state index contributed by atoms with van der Waals surface area (Å²) in [7, 11) is -5.14. The number of thioether (sulfide) groups is 1. The van der Waals surface area contributed by atoms with Crippen molar-refractivity contribution < 1.29 is 32.8 Å².